The van der Waals surface area contributed by atoms with Crippen LogP contribution in [0.4, 0.5) is 13.6 Å². The Morgan fingerprint density at radius 1 is 1.29 bits per heavy atom. The molecule has 0 saturated carbocycles. The molecule has 1 aromatic carbocycles. The molecule has 8 nitrogen and oxygen atoms in total. The van der Waals surface area contributed by atoms with Gasteiger partial charge in [0.05, 0.1) is 30.6 Å². The molecule has 1 saturated heterocycles. The number of carbonyl (C=O) groups excluding carboxylic acids is 1. The molecule has 186 valence electrons. The summed E-state index contributed by atoms with van der Waals surface area (Å²) in [5, 5.41) is 2.83. The number of carbonyl (C=O) groups is 1. The van der Waals surface area contributed by atoms with Crippen LogP contribution < -0.4 is 10.1 Å². The maximum Gasteiger partial charge on any atom is 0.407 e. The molecule has 4 rings (SSSR count). The first-order chi connectivity index (χ1) is 16.1. The first kappa shape index (κ1) is 24.4. The summed E-state index contributed by atoms with van der Waals surface area (Å²) in [7, 11) is 1.92. The zero-order chi connectivity index (χ0) is 24.6. The number of amides is 1. The van der Waals surface area contributed by atoms with Crippen LogP contribution >= 0.6 is 0 Å². The lowest BCUT2D eigenvalue weighted by molar-refractivity contribution is -0.0631. The van der Waals surface area contributed by atoms with E-state index in [0.717, 1.165) is 29.6 Å². The number of halogens is 2. The molecule has 1 amide bonds. The van der Waals surface area contributed by atoms with E-state index in [1.54, 1.807) is 20.8 Å². The summed E-state index contributed by atoms with van der Waals surface area (Å²) in [4.78, 5) is 19.4. The Morgan fingerprint density at radius 2 is 2.06 bits per heavy atom. The Labute approximate surface area is 198 Å². The third-order valence-corrected chi connectivity index (χ3v) is 6.08. The molecule has 0 bridgehead atoms. The minimum atomic E-state index is -0.841. The topological polar surface area (TPSA) is 77.9 Å². The second kappa shape index (κ2) is 9.50. The standard InChI is InChI=1S/C24H32F2N4O4/c1-6-32-22-27-19-11-30(12-20(19)29(22)5)15-10-18(28-23(31)34-24(2,3)4)21(33-13-15)16-9-14(25)7-8-17(16)26/h7-9,15,18,21H,6,10-13H2,1-5H3,(H,28,31)/t15-,18+,21-/m1/s1. The lowest BCUT2D eigenvalue weighted by Gasteiger charge is -2.40. The van der Waals surface area contributed by atoms with E-state index < -0.39 is 35.5 Å². The van der Waals surface area contributed by atoms with Gasteiger partial charge in [0.2, 0.25) is 0 Å². The molecule has 0 unspecified atom stereocenters. The average molecular weight is 479 g/mol. The molecule has 0 aliphatic carbocycles. The summed E-state index contributed by atoms with van der Waals surface area (Å²) in [6, 6.07) is 3.18. The summed E-state index contributed by atoms with van der Waals surface area (Å²) < 4.78 is 47.5. The number of hydrogen-bond acceptors (Lipinski definition) is 6. The quantitative estimate of drug-likeness (QED) is 0.704. The van der Waals surface area contributed by atoms with Gasteiger partial charge in [-0.2, -0.15) is 4.98 Å². The largest absolute Gasteiger partial charge is 0.465 e. The van der Waals surface area contributed by atoms with Crippen LogP contribution in [-0.2, 0) is 29.6 Å². The van der Waals surface area contributed by atoms with Crippen molar-refractivity contribution in [1.29, 1.82) is 0 Å². The maximum absolute atomic E-state index is 14.6. The van der Waals surface area contributed by atoms with E-state index >= 15 is 0 Å². The second-order valence-corrected chi connectivity index (χ2v) is 9.75. The fraction of sp³-hybridized carbons (Fsp3) is 0.583. The van der Waals surface area contributed by atoms with Crippen LogP contribution in [-0.4, -0.2) is 51.4 Å². The smallest absolute Gasteiger partial charge is 0.407 e. The second-order valence-electron chi connectivity index (χ2n) is 9.75. The number of nitrogens with one attached hydrogen (secondary N) is 1. The highest BCUT2D eigenvalue weighted by molar-refractivity contribution is 5.68. The maximum atomic E-state index is 14.6. The normalized spacial score (nSPS) is 23.0. The Morgan fingerprint density at radius 3 is 2.74 bits per heavy atom. The monoisotopic (exact) mass is 478 g/mol. The molecule has 0 spiro atoms. The number of aromatic nitrogens is 2. The lowest BCUT2D eigenvalue weighted by Crippen LogP contribution is -2.52. The molecular weight excluding hydrogens is 446 g/mol. The molecule has 1 N–H and O–H groups in total. The summed E-state index contributed by atoms with van der Waals surface area (Å²) in [5.41, 5.74) is 1.39. The van der Waals surface area contributed by atoms with Crippen LogP contribution in [0.25, 0.3) is 0 Å². The fourth-order valence-corrected chi connectivity index (χ4v) is 4.55. The molecule has 1 fully saturated rings. The van der Waals surface area contributed by atoms with Crippen LogP contribution in [0.15, 0.2) is 18.2 Å². The number of imidazole rings is 1. The summed E-state index contributed by atoms with van der Waals surface area (Å²) in [5.74, 6) is -1.15. The number of rotatable bonds is 5. The van der Waals surface area contributed by atoms with Gasteiger partial charge in [0.15, 0.2) is 0 Å². The highest BCUT2D eigenvalue weighted by Gasteiger charge is 2.40. The van der Waals surface area contributed by atoms with Crippen molar-refractivity contribution in [2.75, 3.05) is 13.2 Å². The average Bonchev–Trinajstić information content (AvgIpc) is 3.28. The molecule has 34 heavy (non-hydrogen) atoms. The molecule has 1 aromatic heterocycles. The van der Waals surface area contributed by atoms with Crippen molar-refractivity contribution in [1.82, 2.24) is 19.8 Å². The SMILES string of the molecule is CCOc1nc2c(n1C)CN([C@H]1CO[C@H](c3cc(F)ccc3F)[C@@H](NC(=O)OC(C)(C)C)C1)C2. The van der Waals surface area contributed by atoms with Crippen LogP contribution in [0.2, 0.25) is 0 Å². The van der Waals surface area contributed by atoms with E-state index in [1.807, 2.05) is 18.5 Å². The summed E-state index contributed by atoms with van der Waals surface area (Å²) in [6.45, 7) is 9.32. The molecular formula is C24H32F2N4O4. The molecule has 2 aliphatic rings. The number of fused-ring (bicyclic) bond motifs is 1. The van der Waals surface area contributed by atoms with Crippen LogP contribution in [0, 0.1) is 11.6 Å². The zero-order valence-electron chi connectivity index (χ0n) is 20.2. The zero-order valence-corrected chi connectivity index (χ0v) is 20.2. The van der Waals surface area contributed by atoms with Crippen molar-refractivity contribution in [3.8, 4) is 6.01 Å². The van der Waals surface area contributed by atoms with Crippen LogP contribution in [0.5, 0.6) is 6.01 Å². The summed E-state index contributed by atoms with van der Waals surface area (Å²) in [6.07, 6.45) is -0.991. The van der Waals surface area contributed by atoms with Crippen molar-refractivity contribution in [2.45, 2.75) is 71.0 Å². The fourth-order valence-electron chi connectivity index (χ4n) is 4.55. The predicted molar refractivity (Wildman–Crippen MR) is 120 cm³/mol. The van der Waals surface area contributed by atoms with Gasteiger partial charge in [0.25, 0.3) is 6.01 Å². The number of benzene rings is 1. The Balaban J connectivity index is 1.52. The summed E-state index contributed by atoms with van der Waals surface area (Å²) >= 11 is 0. The van der Waals surface area contributed by atoms with Gasteiger partial charge >= 0.3 is 6.09 Å². The Hall–Kier alpha value is -2.72. The van der Waals surface area contributed by atoms with Crippen molar-refractivity contribution < 1.29 is 27.8 Å². The van der Waals surface area contributed by atoms with E-state index in [9.17, 15) is 13.6 Å². The minimum absolute atomic E-state index is 0.0578. The number of hydrogen-bond donors (Lipinski definition) is 1. The number of ether oxygens (including phenoxy) is 3. The third-order valence-electron chi connectivity index (χ3n) is 6.08. The Bertz CT molecular complexity index is 1050. The molecule has 2 aliphatic heterocycles. The molecule has 2 aromatic rings. The van der Waals surface area contributed by atoms with Gasteiger partial charge in [-0.25, -0.2) is 13.6 Å². The Kier molecular flexibility index (Phi) is 6.82. The van der Waals surface area contributed by atoms with Gasteiger partial charge in [-0.05, 0) is 52.3 Å². The van der Waals surface area contributed by atoms with E-state index in [-0.39, 0.29) is 11.6 Å². The van der Waals surface area contributed by atoms with Gasteiger partial charge in [-0.1, -0.05) is 0 Å². The van der Waals surface area contributed by atoms with Gasteiger partial charge in [-0.15, -0.1) is 0 Å². The van der Waals surface area contributed by atoms with Crippen molar-refractivity contribution in [2.24, 2.45) is 7.05 Å². The molecule has 3 heterocycles. The van der Waals surface area contributed by atoms with E-state index in [0.29, 0.717) is 38.7 Å². The highest BCUT2D eigenvalue weighted by Crippen LogP contribution is 2.36. The van der Waals surface area contributed by atoms with Crippen LogP contribution in [0.3, 0.4) is 0 Å². The van der Waals surface area contributed by atoms with Gasteiger partial charge in [0, 0.05) is 31.7 Å². The van der Waals surface area contributed by atoms with Crippen molar-refractivity contribution in [3.05, 3.63) is 46.8 Å². The van der Waals surface area contributed by atoms with Crippen LogP contribution in [0.1, 0.15) is 57.2 Å². The molecule has 10 heteroatoms. The minimum Gasteiger partial charge on any atom is -0.465 e. The van der Waals surface area contributed by atoms with Crippen molar-refractivity contribution in [3.63, 3.8) is 0 Å². The van der Waals surface area contributed by atoms with Gasteiger partial charge in [0.1, 0.15) is 23.3 Å². The van der Waals surface area contributed by atoms with E-state index in [4.69, 9.17) is 14.2 Å². The molecule has 3 atom stereocenters. The van der Waals surface area contributed by atoms with E-state index in [2.05, 4.69) is 15.2 Å². The third kappa shape index (κ3) is 5.17. The lowest BCUT2D eigenvalue weighted by atomic mass is 9.92. The first-order valence-electron chi connectivity index (χ1n) is 11.5. The number of alkyl carbamates (subject to hydrolysis) is 1. The highest BCUT2D eigenvalue weighted by atomic mass is 19.1. The van der Waals surface area contributed by atoms with Gasteiger partial charge < -0.3 is 19.5 Å². The first-order valence-corrected chi connectivity index (χ1v) is 11.5. The molecule has 0 radical (unpaired) electrons. The van der Waals surface area contributed by atoms with Gasteiger partial charge in [-0.3, -0.25) is 9.47 Å². The van der Waals surface area contributed by atoms with E-state index in [1.165, 1.54) is 0 Å². The number of nitrogens with zero attached hydrogens (tertiary/aromatic N) is 3. The van der Waals surface area contributed by atoms with Crippen molar-refractivity contribution >= 4 is 6.09 Å². The predicted octanol–water partition coefficient (Wildman–Crippen LogP) is 3.84.